The first-order valence-electron chi connectivity index (χ1n) is 18.5. The number of carboxylic acid groups (broad SMARTS) is 1. The third kappa shape index (κ3) is 5.20. The normalized spacial score (nSPS) is 44.1. The van der Waals surface area contributed by atoms with E-state index in [1.165, 1.54) is 0 Å². The Bertz CT molecular complexity index is 1440. The molecule has 2 spiro atoms. The number of aliphatic hydroxyl groups excluding tert-OH is 1. The summed E-state index contributed by atoms with van der Waals surface area (Å²) in [6.07, 6.45) is 6.84. The SMILES string of the molecule is CN=C(N)[NH+]1CC[C@H](CNCCO)[C@]2(C1)[C@H]1CC[C@H](C)[C@]23C[C@](O)([C@H]2CC[C@@H]4CC[C@@](O)(Cc5ccccc5)C[C@H]4O2)C(C(=O)[O-])=C3C1. The number of carbonyl (C=O) groups excluding carboxylic acids is 1. The van der Waals surface area contributed by atoms with Crippen LogP contribution in [0.3, 0.4) is 0 Å². The van der Waals surface area contributed by atoms with Crippen LogP contribution in [0.5, 0.6) is 0 Å². The van der Waals surface area contributed by atoms with Crippen molar-refractivity contribution in [1.82, 2.24) is 5.32 Å². The number of carbonyl (C=O) groups is 1. The number of benzene rings is 1. The van der Waals surface area contributed by atoms with Crippen molar-refractivity contribution in [1.29, 1.82) is 0 Å². The van der Waals surface area contributed by atoms with E-state index in [4.69, 9.17) is 10.5 Å². The molecule has 2 aliphatic heterocycles. The van der Waals surface area contributed by atoms with Gasteiger partial charge in [0.2, 0.25) is 0 Å². The van der Waals surface area contributed by atoms with Gasteiger partial charge in [-0.2, -0.15) is 0 Å². The van der Waals surface area contributed by atoms with Gasteiger partial charge >= 0.3 is 0 Å². The van der Waals surface area contributed by atoms with Crippen molar-refractivity contribution < 1.29 is 34.9 Å². The quantitative estimate of drug-likeness (QED) is 0.132. The summed E-state index contributed by atoms with van der Waals surface area (Å²) in [5.41, 5.74) is 5.10. The van der Waals surface area contributed by atoms with Gasteiger partial charge in [-0.05, 0) is 87.1 Å². The molecule has 7 N–H and O–H groups in total. The van der Waals surface area contributed by atoms with Crippen LogP contribution in [0.25, 0.3) is 0 Å². The van der Waals surface area contributed by atoms with Gasteiger partial charge in [-0.3, -0.25) is 4.90 Å². The second kappa shape index (κ2) is 12.8. The number of rotatable bonds is 8. The first kappa shape index (κ1) is 34.1. The molecule has 2 heterocycles. The fourth-order valence-corrected chi connectivity index (χ4v) is 12.3. The summed E-state index contributed by atoms with van der Waals surface area (Å²) in [6.45, 7) is 5.11. The minimum Gasteiger partial charge on any atom is -0.545 e. The summed E-state index contributed by atoms with van der Waals surface area (Å²) in [6, 6.07) is 10.0. The van der Waals surface area contributed by atoms with Crippen molar-refractivity contribution in [3.05, 3.63) is 47.0 Å². The first-order chi connectivity index (χ1) is 23.0. The number of aliphatic hydroxyl groups is 3. The smallest absolute Gasteiger partial charge is 0.293 e. The summed E-state index contributed by atoms with van der Waals surface area (Å²) in [4.78, 5) is 18.9. The van der Waals surface area contributed by atoms with E-state index < -0.39 is 28.7 Å². The number of hydrogen-bond acceptors (Lipinski definition) is 8. The number of nitrogens with one attached hydrogen (secondary N) is 2. The molecule has 3 saturated carbocycles. The highest BCUT2D eigenvalue weighted by Crippen LogP contribution is 2.77. The highest BCUT2D eigenvalue weighted by Gasteiger charge is 2.76. The van der Waals surface area contributed by atoms with Crippen LogP contribution in [0.15, 0.2) is 46.5 Å². The van der Waals surface area contributed by atoms with E-state index in [1.807, 2.05) is 30.3 Å². The average molecular weight is 665 g/mol. The van der Waals surface area contributed by atoms with Crippen LogP contribution in [0.1, 0.15) is 76.7 Å². The van der Waals surface area contributed by atoms with Gasteiger partial charge < -0.3 is 41.0 Å². The van der Waals surface area contributed by atoms with Crippen molar-refractivity contribution in [3.63, 3.8) is 0 Å². The van der Waals surface area contributed by atoms with Gasteiger partial charge in [-0.15, -0.1) is 0 Å². The number of likely N-dealkylation sites (tertiary alicyclic amines) is 1. The van der Waals surface area contributed by atoms with Crippen LogP contribution in [-0.4, -0.2) is 90.5 Å². The third-order valence-electron chi connectivity index (χ3n) is 14.3. The van der Waals surface area contributed by atoms with E-state index in [-0.39, 0.29) is 47.4 Å². The van der Waals surface area contributed by atoms with Crippen molar-refractivity contribution in [2.45, 2.75) is 101 Å². The van der Waals surface area contributed by atoms with Gasteiger partial charge in [0.15, 0.2) is 0 Å². The van der Waals surface area contributed by atoms with Gasteiger partial charge in [0.1, 0.15) is 5.60 Å². The van der Waals surface area contributed by atoms with Crippen molar-refractivity contribution in [2.75, 3.05) is 39.8 Å². The van der Waals surface area contributed by atoms with Crippen molar-refractivity contribution in [2.24, 2.45) is 45.2 Å². The number of nitrogens with zero attached hydrogens (tertiary/aromatic N) is 1. The van der Waals surface area contributed by atoms with Crippen LogP contribution in [0.2, 0.25) is 0 Å². The molecule has 4 aliphatic carbocycles. The molecule has 0 radical (unpaired) electrons. The number of aliphatic imine (C=N–C) groups is 1. The standard InChI is InChI=1S/C38H56N4O6/c1-24-8-10-27-18-29-32(33(44)45)38(47,22-36(24,29)37(27)23-42(34(39)40-2)16-13-28(37)21-41-15-17-43)31-11-9-26-12-14-35(46,20-30(26)48-31)19-25-6-4-3-5-7-25/h3-7,24,26-28,30-31,41,43,46-47H,8-23H2,1-2H3,(H2,39,40)(H,44,45)/t24-,26+,27-,28+,30+,31+,35+,36-,37-,38-/m0/s1. The number of hydrogen-bond donors (Lipinski definition) is 6. The van der Waals surface area contributed by atoms with Crippen LogP contribution in [0.4, 0.5) is 0 Å². The molecule has 10 nitrogen and oxygen atoms in total. The van der Waals surface area contributed by atoms with E-state index >= 15 is 0 Å². The minimum atomic E-state index is -1.69. The lowest BCUT2D eigenvalue weighted by atomic mass is 9.45. The van der Waals surface area contributed by atoms with Gasteiger partial charge in [0, 0.05) is 49.3 Å². The summed E-state index contributed by atoms with van der Waals surface area (Å²) >= 11 is 0. The lowest BCUT2D eigenvalue weighted by Crippen LogP contribution is -3.19. The summed E-state index contributed by atoms with van der Waals surface area (Å²) in [5.74, 6) is 0.195. The first-order valence-corrected chi connectivity index (χ1v) is 18.5. The van der Waals surface area contributed by atoms with E-state index in [1.54, 1.807) is 7.05 Å². The number of ether oxygens (including phenoxy) is 1. The monoisotopic (exact) mass is 664 g/mol. The van der Waals surface area contributed by atoms with Gasteiger partial charge in [-0.25, -0.2) is 4.99 Å². The number of nitrogens with two attached hydrogens (primary N) is 1. The third-order valence-corrected chi connectivity index (χ3v) is 14.3. The molecule has 10 heteroatoms. The molecule has 264 valence electrons. The Balaban J connectivity index is 1.25. The Morgan fingerprint density at radius 3 is 2.67 bits per heavy atom. The molecule has 5 fully saturated rings. The molecule has 2 bridgehead atoms. The molecule has 2 saturated heterocycles. The average Bonchev–Trinajstić information content (AvgIpc) is 3.43. The molecule has 6 aliphatic rings. The highest BCUT2D eigenvalue weighted by atomic mass is 16.5. The number of quaternary nitrogens is 1. The maximum absolute atomic E-state index is 13.4. The summed E-state index contributed by atoms with van der Waals surface area (Å²) in [7, 11) is 1.73. The second-order valence-corrected chi connectivity index (χ2v) is 16.3. The number of piperidine rings is 1. The van der Waals surface area contributed by atoms with E-state index in [0.29, 0.717) is 51.0 Å². The van der Waals surface area contributed by atoms with Crippen LogP contribution < -0.4 is 21.1 Å². The molecular formula is C38H56N4O6. The van der Waals surface area contributed by atoms with Gasteiger partial charge in [-0.1, -0.05) is 42.8 Å². The lowest BCUT2D eigenvalue weighted by Gasteiger charge is -2.61. The summed E-state index contributed by atoms with van der Waals surface area (Å²) in [5, 5.41) is 51.2. The van der Waals surface area contributed by atoms with Crippen molar-refractivity contribution >= 4 is 11.9 Å². The Morgan fingerprint density at radius 1 is 1.15 bits per heavy atom. The Hall–Kier alpha value is -2.34. The van der Waals surface area contributed by atoms with E-state index in [9.17, 15) is 25.2 Å². The largest absolute Gasteiger partial charge is 0.545 e. The molecule has 1 unspecified atom stereocenters. The predicted octanol–water partition coefficient (Wildman–Crippen LogP) is 0.343. The summed E-state index contributed by atoms with van der Waals surface area (Å²) < 4.78 is 6.86. The second-order valence-electron chi connectivity index (χ2n) is 16.3. The zero-order valence-corrected chi connectivity index (χ0v) is 28.8. The highest BCUT2D eigenvalue weighted by molar-refractivity contribution is 5.90. The Kier molecular flexibility index (Phi) is 9.08. The Morgan fingerprint density at radius 2 is 1.94 bits per heavy atom. The minimum absolute atomic E-state index is 0.0545. The molecule has 1 aromatic carbocycles. The fraction of sp³-hybridized carbons (Fsp3) is 0.737. The van der Waals surface area contributed by atoms with Crippen molar-refractivity contribution in [3.8, 4) is 0 Å². The maximum Gasteiger partial charge on any atom is 0.293 e. The molecule has 7 rings (SSSR count). The van der Waals surface area contributed by atoms with Crippen LogP contribution >= 0.6 is 0 Å². The molecule has 48 heavy (non-hydrogen) atoms. The Labute approximate surface area is 284 Å². The van der Waals surface area contributed by atoms with Crippen LogP contribution in [0, 0.1) is 34.5 Å². The zero-order chi connectivity index (χ0) is 33.9. The zero-order valence-electron chi connectivity index (χ0n) is 28.8. The molecule has 1 aromatic rings. The number of allylic oxidation sites excluding steroid dienone is 1. The van der Waals surface area contributed by atoms with Crippen LogP contribution in [-0.2, 0) is 16.0 Å². The number of guanidine groups is 1. The van der Waals surface area contributed by atoms with E-state index in [2.05, 4.69) is 17.2 Å². The van der Waals surface area contributed by atoms with Gasteiger partial charge in [0.25, 0.3) is 5.96 Å². The maximum atomic E-state index is 13.4. The number of carboxylic acids is 1. The lowest BCUT2D eigenvalue weighted by molar-refractivity contribution is -0.828. The topological polar surface area (TPSA) is 165 Å². The van der Waals surface area contributed by atoms with Gasteiger partial charge in [0.05, 0.1) is 43.5 Å². The molecular weight excluding hydrogens is 608 g/mol. The predicted molar refractivity (Wildman–Crippen MR) is 180 cm³/mol. The number of aliphatic carboxylic acids is 1. The number of fused-ring (bicyclic) bond motifs is 1. The molecule has 0 amide bonds. The fourth-order valence-electron chi connectivity index (χ4n) is 12.3. The van der Waals surface area contributed by atoms with E-state index in [0.717, 1.165) is 67.8 Å². The molecule has 0 aromatic heterocycles. The molecule has 11 atom stereocenters.